The van der Waals surface area contributed by atoms with E-state index in [-0.39, 0.29) is 23.0 Å². The summed E-state index contributed by atoms with van der Waals surface area (Å²) < 4.78 is 16.6. The minimum absolute atomic E-state index is 0.0367. The van der Waals surface area contributed by atoms with Gasteiger partial charge in [-0.05, 0) is 48.2 Å². The lowest BCUT2D eigenvalue weighted by Crippen LogP contribution is -2.34. The molecule has 1 atom stereocenters. The fourth-order valence-electron chi connectivity index (χ4n) is 4.18. The highest BCUT2D eigenvalue weighted by Crippen LogP contribution is 2.25. The molecule has 5 rings (SSSR count). The monoisotopic (exact) mass is 495 g/mol. The zero-order chi connectivity index (χ0) is 25.6. The highest BCUT2D eigenvalue weighted by Gasteiger charge is 2.20. The first-order valence-electron chi connectivity index (χ1n) is 12.1. The summed E-state index contributed by atoms with van der Waals surface area (Å²) in [6, 6.07) is 24.9. The molecule has 1 aliphatic rings. The summed E-state index contributed by atoms with van der Waals surface area (Å²) in [7, 11) is 0. The van der Waals surface area contributed by atoms with Gasteiger partial charge in [-0.15, -0.1) is 0 Å². The third-order valence-corrected chi connectivity index (χ3v) is 6.09. The Morgan fingerprint density at radius 1 is 0.973 bits per heavy atom. The van der Waals surface area contributed by atoms with Crippen LogP contribution in [-0.2, 0) is 9.53 Å². The molecule has 1 saturated heterocycles. The van der Waals surface area contributed by atoms with E-state index in [0.29, 0.717) is 29.7 Å². The van der Waals surface area contributed by atoms with Gasteiger partial charge in [0, 0.05) is 24.6 Å². The van der Waals surface area contributed by atoms with Crippen molar-refractivity contribution in [2.45, 2.75) is 18.9 Å². The van der Waals surface area contributed by atoms with Crippen LogP contribution in [0.15, 0.2) is 94.1 Å². The molecule has 0 saturated carbocycles. The predicted octanol–water partition coefficient (Wildman–Crippen LogP) is 4.85. The number of benzene rings is 3. The molecule has 7 heteroatoms. The lowest BCUT2D eigenvalue weighted by atomic mass is 10.0. The van der Waals surface area contributed by atoms with E-state index in [1.807, 2.05) is 60.7 Å². The molecule has 0 radical (unpaired) electrons. The number of hydrogen-bond donors (Lipinski definition) is 1. The van der Waals surface area contributed by atoms with Crippen LogP contribution < -0.4 is 15.7 Å². The predicted molar refractivity (Wildman–Crippen MR) is 140 cm³/mol. The van der Waals surface area contributed by atoms with E-state index in [4.69, 9.17) is 13.9 Å². The molecule has 1 unspecified atom stereocenters. The summed E-state index contributed by atoms with van der Waals surface area (Å²) >= 11 is 0. The summed E-state index contributed by atoms with van der Waals surface area (Å²) in [6.45, 7) is 1.02. The number of rotatable bonds is 7. The molecule has 0 aliphatic carbocycles. The highest BCUT2D eigenvalue weighted by atomic mass is 16.5. The van der Waals surface area contributed by atoms with Crippen molar-refractivity contribution in [2.24, 2.45) is 0 Å². The van der Waals surface area contributed by atoms with Crippen molar-refractivity contribution in [1.82, 2.24) is 5.32 Å². The molecule has 1 aliphatic heterocycles. The van der Waals surface area contributed by atoms with Gasteiger partial charge in [0.25, 0.3) is 5.91 Å². The molecule has 1 aromatic heterocycles. The van der Waals surface area contributed by atoms with E-state index >= 15 is 0 Å². The van der Waals surface area contributed by atoms with Crippen LogP contribution in [0.2, 0.25) is 0 Å². The smallest absolute Gasteiger partial charge is 0.349 e. The number of fused-ring (bicyclic) bond motifs is 1. The van der Waals surface area contributed by atoms with Crippen LogP contribution >= 0.6 is 0 Å². The second kappa shape index (κ2) is 11.1. The Hall–Kier alpha value is -4.49. The third-order valence-electron chi connectivity index (χ3n) is 6.09. The number of amides is 1. The third kappa shape index (κ3) is 5.85. The minimum atomic E-state index is -0.769. The van der Waals surface area contributed by atoms with Crippen molar-refractivity contribution in [2.75, 3.05) is 13.2 Å². The van der Waals surface area contributed by atoms with E-state index in [9.17, 15) is 14.4 Å². The average molecular weight is 496 g/mol. The van der Waals surface area contributed by atoms with Gasteiger partial charge in [-0.2, -0.15) is 0 Å². The molecule has 0 spiro atoms. The molecular formula is C30H25NO6. The van der Waals surface area contributed by atoms with Crippen molar-refractivity contribution in [3.63, 3.8) is 0 Å². The van der Waals surface area contributed by atoms with Crippen LogP contribution in [0.4, 0.5) is 0 Å². The molecule has 0 bridgehead atoms. The van der Waals surface area contributed by atoms with Crippen molar-refractivity contribution in [3.05, 3.63) is 112 Å². The van der Waals surface area contributed by atoms with Crippen LogP contribution in [0.25, 0.3) is 22.6 Å². The summed E-state index contributed by atoms with van der Waals surface area (Å²) in [5.41, 5.74) is 1.29. The topological polar surface area (TPSA) is 94.8 Å². The lowest BCUT2D eigenvalue weighted by Gasteiger charge is -2.11. The van der Waals surface area contributed by atoms with Crippen LogP contribution in [0.5, 0.6) is 5.75 Å². The van der Waals surface area contributed by atoms with Crippen LogP contribution in [-0.4, -0.2) is 31.1 Å². The van der Waals surface area contributed by atoms with Gasteiger partial charge >= 0.3 is 11.6 Å². The second-order valence-corrected chi connectivity index (χ2v) is 8.72. The maximum Gasteiger partial charge on any atom is 0.349 e. The van der Waals surface area contributed by atoms with E-state index < -0.39 is 17.5 Å². The fourth-order valence-corrected chi connectivity index (χ4v) is 4.18. The first-order chi connectivity index (χ1) is 18.1. The van der Waals surface area contributed by atoms with Gasteiger partial charge in [-0.1, -0.05) is 60.7 Å². The van der Waals surface area contributed by atoms with Gasteiger partial charge in [0.2, 0.25) is 0 Å². The lowest BCUT2D eigenvalue weighted by molar-refractivity contribution is -0.127. The first-order valence-corrected chi connectivity index (χ1v) is 12.1. The first kappa shape index (κ1) is 24.2. The molecule has 37 heavy (non-hydrogen) atoms. The Bertz CT molecular complexity index is 1500. The van der Waals surface area contributed by atoms with Gasteiger partial charge < -0.3 is 19.2 Å². The Morgan fingerprint density at radius 3 is 2.46 bits per heavy atom. The second-order valence-electron chi connectivity index (χ2n) is 8.72. The molecule has 2 heterocycles. The molecule has 1 fully saturated rings. The zero-order valence-electron chi connectivity index (χ0n) is 20.0. The van der Waals surface area contributed by atoms with Crippen LogP contribution in [0.1, 0.15) is 34.3 Å². The van der Waals surface area contributed by atoms with Crippen LogP contribution in [0, 0.1) is 0 Å². The summed E-state index contributed by atoms with van der Waals surface area (Å²) in [5.74, 6) is -0.854. The Kier molecular flexibility index (Phi) is 7.23. The van der Waals surface area contributed by atoms with Crippen LogP contribution in [0.3, 0.4) is 0 Å². The highest BCUT2D eigenvalue weighted by molar-refractivity contribution is 6.22. The standard InChI is InChI=1S/C30H25NO6/c32-28(31-19-24-12-7-15-35-24)26-17-22-13-14-23(18-27(22)37-30(26)34)36-29(33)25(21-10-5-2-6-11-21)16-20-8-3-1-4-9-20/h1-6,8-11,13-14,16-18,24H,7,12,15,19H2,(H,31,32)/b25-16+. The molecule has 3 aromatic carbocycles. The van der Waals surface area contributed by atoms with Gasteiger partial charge in [0.15, 0.2) is 0 Å². The van der Waals surface area contributed by atoms with E-state index in [0.717, 1.165) is 18.4 Å². The van der Waals surface area contributed by atoms with Gasteiger partial charge in [-0.3, -0.25) is 4.79 Å². The number of carbonyl (C=O) groups is 2. The summed E-state index contributed by atoms with van der Waals surface area (Å²) in [5, 5.41) is 3.26. The maximum absolute atomic E-state index is 13.2. The fraction of sp³-hybridized carbons (Fsp3) is 0.167. The maximum atomic E-state index is 13.2. The van der Waals surface area contributed by atoms with Crippen molar-refractivity contribution in [1.29, 1.82) is 0 Å². The molecule has 4 aromatic rings. The molecule has 1 N–H and O–H groups in total. The SMILES string of the molecule is O=C(Oc1ccc2cc(C(=O)NCC3CCCO3)c(=O)oc2c1)/C(=C/c1ccccc1)c1ccccc1. The van der Waals surface area contributed by atoms with Gasteiger partial charge in [0.05, 0.1) is 11.7 Å². The van der Waals surface area contributed by atoms with Crippen molar-refractivity contribution < 1.29 is 23.5 Å². The number of esters is 1. The number of nitrogens with one attached hydrogen (secondary N) is 1. The van der Waals surface area contributed by atoms with Crippen molar-refractivity contribution >= 4 is 34.5 Å². The Balaban J connectivity index is 1.37. The molecule has 7 nitrogen and oxygen atoms in total. The van der Waals surface area contributed by atoms with E-state index in [1.165, 1.54) is 12.1 Å². The number of carbonyl (C=O) groups excluding carboxylic acids is 2. The van der Waals surface area contributed by atoms with Gasteiger partial charge in [0.1, 0.15) is 16.9 Å². The van der Waals surface area contributed by atoms with E-state index in [2.05, 4.69) is 5.32 Å². The average Bonchev–Trinajstić information content (AvgIpc) is 3.45. The molecular weight excluding hydrogens is 470 g/mol. The number of ether oxygens (including phenoxy) is 2. The Morgan fingerprint density at radius 2 is 1.73 bits per heavy atom. The summed E-state index contributed by atoms with van der Waals surface area (Å²) in [6.07, 6.45) is 3.56. The minimum Gasteiger partial charge on any atom is -0.423 e. The largest absolute Gasteiger partial charge is 0.423 e. The molecule has 1 amide bonds. The van der Waals surface area contributed by atoms with Crippen molar-refractivity contribution in [3.8, 4) is 5.75 Å². The summed E-state index contributed by atoms with van der Waals surface area (Å²) in [4.78, 5) is 38.3. The number of hydrogen-bond acceptors (Lipinski definition) is 6. The normalized spacial score (nSPS) is 15.5. The quantitative estimate of drug-likeness (QED) is 0.130. The van der Waals surface area contributed by atoms with Gasteiger partial charge in [-0.25, -0.2) is 9.59 Å². The van der Waals surface area contributed by atoms with E-state index in [1.54, 1.807) is 18.2 Å². The molecule has 186 valence electrons. The zero-order valence-corrected chi connectivity index (χ0v) is 20.0. The Labute approximate surface area is 213 Å².